The summed E-state index contributed by atoms with van der Waals surface area (Å²) in [6, 6.07) is 21.5. The van der Waals surface area contributed by atoms with Gasteiger partial charge >= 0.3 is 0 Å². The molecule has 0 spiro atoms. The summed E-state index contributed by atoms with van der Waals surface area (Å²) in [5, 5.41) is 2.88. The molecule has 0 atom stereocenters. The van der Waals surface area contributed by atoms with Crippen LogP contribution in [0.3, 0.4) is 0 Å². The molecule has 0 unspecified atom stereocenters. The maximum atomic E-state index is 12.1. The molecular formula is C20H18BrN3O. The van der Waals surface area contributed by atoms with Gasteiger partial charge < -0.3 is 10.2 Å². The number of halogens is 1. The van der Waals surface area contributed by atoms with Crippen LogP contribution in [0.15, 0.2) is 77.4 Å². The van der Waals surface area contributed by atoms with Gasteiger partial charge in [-0.05, 0) is 42.0 Å². The van der Waals surface area contributed by atoms with Gasteiger partial charge in [0.15, 0.2) is 0 Å². The number of amides is 1. The van der Waals surface area contributed by atoms with Crippen LogP contribution in [0.4, 0.5) is 17.2 Å². The minimum absolute atomic E-state index is 0.0618. The van der Waals surface area contributed by atoms with E-state index in [2.05, 4.69) is 26.2 Å². The molecule has 0 fully saturated rings. The first kappa shape index (κ1) is 17.2. The number of benzene rings is 2. The van der Waals surface area contributed by atoms with Crippen molar-refractivity contribution in [2.75, 3.05) is 17.3 Å². The molecule has 126 valence electrons. The molecule has 0 aliphatic heterocycles. The molecule has 5 heteroatoms. The topological polar surface area (TPSA) is 45.2 Å². The molecule has 2 aromatic carbocycles. The molecule has 0 saturated carbocycles. The van der Waals surface area contributed by atoms with Crippen LogP contribution in [0.5, 0.6) is 0 Å². The summed E-state index contributed by atoms with van der Waals surface area (Å²) in [7, 11) is 1.96. The van der Waals surface area contributed by atoms with Gasteiger partial charge in [-0.3, -0.25) is 4.79 Å². The highest BCUT2D eigenvalue weighted by atomic mass is 79.9. The minimum Gasteiger partial charge on any atom is -0.329 e. The molecule has 0 bridgehead atoms. The number of pyridine rings is 1. The Morgan fingerprint density at radius 3 is 2.40 bits per heavy atom. The fourth-order valence-corrected chi connectivity index (χ4v) is 2.70. The Bertz CT molecular complexity index is 833. The van der Waals surface area contributed by atoms with Crippen molar-refractivity contribution in [3.8, 4) is 0 Å². The van der Waals surface area contributed by atoms with E-state index in [1.807, 2.05) is 78.7 Å². The first-order valence-electron chi connectivity index (χ1n) is 7.91. The van der Waals surface area contributed by atoms with Gasteiger partial charge in [-0.1, -0.05) is 46.3 Å². The van der Waals surface area contributed by atoms with E-state index in [0.29, 0.717) is 12.1 Å². The van der Waals surface area contributed by atoms with E-state index < -0.39 is 0 Å². The number of para-hydroxylation sites is 1. The zero-order valence-electron chi connectivity index (χ0n) is 13.8. The number of aromatic nitrogens is 1. The van der Waals surface area contributed by atoms with Gasteiger partial charge in [-0.15, -0.1) is 0 Å². The molecule has 0 saturated heterocycles. The van der Waals surface area contributed by atoms with E-state index in [0.717, 1.165) is 21.5 Å². The predicted octanol–water partition coefficient (Wildman–Crippen LogP) is 4.79. The monoisotopic (exact) mass is 395 g/mol. The predicted molar refractivity (Wildman–Crippen MR) is 105 cm³/mol. The summed E-state index contributed by atoms with van der Waals surface area (Å²) in [5.74, 6) is 0.755. The number of carbonyl (C=O) groups is 1. The minimum atomic E-state index is -0.0618. The molecule has 1 amide bonds. The highest BCUT2D eigenvalue weighted by Crippen LogP contribution is 2.22. The Kier molecular flexibility index (Phi) is 5.46. The van der Waals surface area contributed by atoms with Crippen LogP contribution in [-0.4, -0.2) is 17.9 Å². The van der Waals surface area contributed by atoms with Crippen LogP contribution in [0.2, 0.25) is 0 Å². The lowest BCUT2D eigenvalue weighted by molar-refractivity contribution is -0.115. The van der Waals surface area contributed by atoms with Crippen molar-refractivity contribution in [2.24, 2.45) is 0 Å². The zero-order chi connectivity index (χ0) is 17.6. The van der Waals surface area contributed by atoms with E-state index in [-0.39, 0.29) is 5.91 Å². The van der Waals surface area contributed by atoms with E-state index >= 15 is 0 Å². The summed E-state index contributed by atoms with van der Waals surface area (Å²) >= 11 is 3.39. The highest BCUT2D eigenvalue weighted by molar-refractivity contribution is 9.10. The van der Waals surface area contributed by atoms with Gasteiger partial charge in [-0.2, -0.15) is 0 Å². The van der Waals surface area contributed by atoms with Crippen LogP contribution in [0.1, 0.15) is 5.56 Å². The first-order chi connectivity index (χ1) is 12.1. The van der Waals surface area contributed by atoms with Gasteiger partial charge in [0.05, 0.1) is 18.3 Å². The van der Waals surface area contributed by atoms with Crippen LogP contribution in [0, 0.1) is 0 Å². The van der Waals surface area contributed by atoms with Crippen LogP contribution >= 0.6 is 15.9 Å². The smallest absolute Gasteiger partial charge is 0.228 e. The van der Waals surface area contributed by atoms with E-state index in [1.165, 1.54) is 0 Å². The van der Waals surface area contributed by atoms with Crippen molar-refractivity contribution in [3.05, 3.63) is 83.0 Å². The van der Waals surface area contributed by atoms with Crippen molar-refractivity contribution in [3.63, 3.8) is 0 Å². The van der Waals surface area contributed by atoms with Gasteiger partial charge in [0, 0.05) is 17.2 Å². The lowest BCUT2D eigenvalue weighted by atomic mass is 10.1. The Balaban J connectivity index is 1.62. The molecule has 4 nitrogen and oxygen atoms in total. The molecule has 3 aromatic rings. The second kappa shape index (κ2) is 7.94. The number of carbonyl (C=O) groups excluding carboxylic acids is 1. The van der Waals surface area contributed by atoms with E-state index in [1.54, 1.807) is 6.20 Å². The Morgan fingerprint density at radius 2 is 1.76 bits per heavy atom. The van der Waals surface area contributed by atoms with Crippen LogP contribution in [0.25, 0.3) is 0 Å². The summed E-state index contributed by atoms with van der Waals surface area (Å²) in [5.41, 5.74) is 2.71. The molecule has 1 N–H and O–H groups in total. The van der Waals surface area contributed by atoms with Gasteiger partial charge in [0.1, 0.15) is 5.82 Å². The Labute approximate surface area is 155 Å². The number of nitrogens with zero attached hydrogens (tertiary/aromatic N) is 2. The van der Waals surface area contributed by atoms with E-state index in [4.69, 9.17) is 0 Å². The largest absolute Gasteiger partial charge is 0.329 e. The third-order valence-corrected chi connectivity index (χ3v) is 4.33. The molecule has 1 aromatic heterocycles. The second-order valence-electron chi connectivity index (χ2n) is 5.65. The number of hydrogen-bond acceptors (Lipinski definition) is 3. The highest BCUT2D eigenvalue weighted by Gasteiger charge is 2.07. The average Bonchev–Trinajstić information content (AvgIpc) is 2.64. The molecule has 0 aliphatic carbocycles. The van der Waals surface area contributed by atoms with Crippen LogP contribution < -0.4 is 10.2 Å². The summed E-state index contributed by atoms with van der Waals surface area (Å²) in [6.45, 7) is 0. The number of anilines is 3. The average molecular weight is 396 g/mol. The summed E-state index contributed by atoms with van der Waals surface area (Å²) in [4.78, 5) is 18.6. The van der Waals surface area contributed by atoms with Crippen molar-refractivity contribution in [1.29, 1.82) is 0 Å². The standard InChI is InChI=1S/C20H18BrN3O/c1-24(18-5-3-2-4-6-18)19-12-11-17(14-22-19)23-20(25)13-15-7-9-16(21)10-8-15/h2-12,14H,13H2,1H3,(H,23,25). The first-order valence-corrected chi connectivity index (χ1v) is 8.70. The van der Waals surface area contributed by atoms with E-state index in [9.17, 15) is 4.79 Å². The molecule has 1 heterocycles. The molecular weight excluding hydrogens is 378 g/mol. The second-order valence-corrected chi connectivity index (χ2v) is 6.57. The molecule has 0 radical (unpaired) electrons. The SMILES string of the molecule is CN(c1ccccc1)c1ccc(NC(=O)Cc2ccc(Br)cc2)cn1. The molecule has 3 rings (SSSR count). The van der Waals surface area contributed by atoms with Crippen molar-refractivity contribution in [2.45, 2.75) is 6.42 Å². The number of nitrogens with one attached hydrogen (secondary N) is 1. The van der Waals surface area contributed by atoms with Gasteiger partial charge in [0.2, 0.25) is 5.91 Å². The lowest BCUT2D eigenvalue weighted by Crippen LogP contribution is -2.15. The summed E-state index contributed by atoms with van der Waals surface area (Å²) < 4.78 is 0.999. The van der Waals surface area contributed by atoms with Crippen molar-refractivity contribution < 1.29 is 4.79 Å². The third-order valence-electron chi connectivity index (χ3n) is 3.80. The lowest BCUT2D eigenvalue weighted by Gasteiger charge is -2.18. The van der Waals surface area contributed by atoms with Crippen molar-refractivity contribution >= 4 is 39.0 Å². The normalized spacial score (nSPS) is 10.3. The van der Waals surface area contributed by atoms with Gasteiger partial charge in [-0.25, -0.2) is 4.98 Å². The third kappa shape index (κ3) is 4.67. The fourth-order valence-electron chi connectivity index (χ4n) is 2.44. The van der Waals surface area contributed by atoms with Crippen LogP contribution in [-0.2, 0) is 11.2 Å². The number of rotatable bonds is 5. The maximum Gasteiger partial charge on any atom is 0.228 e. The fraction of sp³-hybridized carbons (Fsp3) is 0.100. The Hall–Kier alpha value is -2.66. The number of hydrogen-bond donors (Lipinski definition) is 1. The quantitative estimate of drug-likeness (QED) is 0.674. The Morgan fingerprint density at radius 1 is 1.04 bits per heavy atom. The summed E-state index contributed by atoms with van der Waals surface area (Å²) in [6.07, 6.45) is 2.01. The maximum absolute atomic E-state index is 12.1. The van der Waals surface area contributed by atoms with Gasteiger partial charge in [0.25, 0.3) is 0 Å². The molecule has 0 aliphatic rings. The molecule has 25 heavy (non-hydrogen) atoms. The van der Waals surface area contributed by atoms with Crippen molar-refractivity contribution in [1.82, 2.24) is 4.98 Å². The zero-order valence-corrected chi connectivity index (χ0v) is 15.4.